The van der Waals surface area contributed by atoms with Crippen molar-refractivity contribution in [1.82, 2.24) is 10.0 Å². The Morgan fingerprint density at radius 3 is 2.80 bits per heavy atom. The third-order valence-electron chi connectivity index (χ3n) is 3.25. The molecule has 0 spiro atoms. The number of benzene rings is 1. The average molecular weight is 388 g/mol. The van der Waals surface area contributed by atoms with Gasteiger partial charge in [0.05, 0.1) is 4.90 Å². The second-order valence-electron chi connectivity index (χ2n) is 4.69. The first kappa shape index (κ1) is 17.8. The Bertz CT molecular complexity index is 571. The fourth-order valence-corrected chi connectivity index (χ4v) is 4.48. The highest BCUT2D eigenvalue weighted by Gasteiger charge is 2.27. The van der Waals surface area contributed by atoms with Crippen LogP contribution in [0.5, 0.6) is 0 Å². The maximum atomic E-state index is 13.2. The molecule has 1 aromatic rings. The molecule has 0 amide bonds. The summed E-state index contributed by atoms with van der Waals surface area (Å²) in [6.45, 7) is 2.83. The van der Waals surface area contributed by atoms with Crippen LogP contribution in [0.3, 0.4) is 0 Å². The number of sulfonamides is 1. The van der Waals surface area contributed by atoms with Crippen molar-refractivity contribution in [3.63, 3.8) is 0 Å². The number of piperidine rings is 1. The second kappa shape index (κ2) is 7.17. The molecule has 8 heteroatoms. The molecular weight excluding hydrogens is 371 g/mol. The third-order valence-corrected chi connectivity index (χ3v) is 5.73. The monoisotopic (exact) mass is 386 g/mol. The number of hydrogen-bond donors (Lipinski definition) is 2. The van der Waals surface area contributed by atoms with Crippen molar-refractivity contribution < 1.29 is 12.8 Å². The zero-order valence-corrected chi connectivity index (χ0v) is 14.1. The van der Waals surface area contributed by atoms with E-state index in [0.717, 1.165) is 25.5 Å². The van der Waals surface area contributed by atoms with E-state index in [1.54, 1.807) is 0 Å². The summed E-state index contributed by atoms with van der Waals surface area (Å²) in [6.07, 6.45) is 1.70. The summed E-state index contributed by atoms with van der Waals surface area (Å²) in [6, 6.07) is 3.53. The van der Waals surface area contributed by atoms with Gasteiger partial charge in [-0.1, -0.05) is 0 Å². The van der Waals surface area contributed by atoms with Gasteiger partial charge >= 0.3 is 0 Å². The van der Waals surface area contributed by atoms with E-state index in [0.29, 0.717) is 4.47 Å². The van der Waals surface area contributed by atoms with E-state index in [1.165, 1.54) is 12.1 Å². The molecule has 2 unspecified atom stereocenters. The highest BCUT2D eigenvalue weighted by molar-refractivity contribution is 9.10. The minimum atomic E-state index is -3.72. The Morgan fingerprint density at radius 1 is 1.45 bits per heavy atom. The molecule has 114 valence electrons. The van der Waals surface area contributed by atoms with Crippen LogP contribution < -0.4 is 10.0 Å². The lowest BCUT2D eigenvalue weighted by atomic mass is 10.0. The Morgan fingerprint density at radius 2 is 2.15 bits per heavy atom. The van der Waals surface area contributed by atoms with Crippen molar-refractivity contribution >= 4 is 38.4 Å². The van der Waals surface area contributed by atoms with Gasteiger partial charge in [0, 0.05) is 16.6 Å². The van der Waals surface area contributed by atoms with E-state index in [2.05, 4.69) is 26.0 Å². The van der Waals surface area contributed by atoms with Gasteiger partial charge in [0.1, 0.15) is 5.82 Å². The normalized spacial score (nSPS) is 23.1. The van der Waals surface area contributed by atoms with Gasteiger partial charge in [0.25, 0.3) is 0 Å². The summed E-state index contributed by atoms with van der Waals surface area (Å²) in [5.74, 6) is -0.571. The summed E-state index contributed by atoms with van der Waals surface area (Å²) >= 11 is 3.14. The van der Waals surface area contributed by atoms with Gasteiger partial charge in [-0.25, -0.2) is 17.5 Å². The predicted molar refractivity (Wildman–Crippen MR) is 82.2 cm³/mol. The average Bonchev–Trinajstić information content (AvgIpc) is 2.35. The Hall–Kier alpha value is -0.210. The molecule has 1 aliphatic heterocycles. The van der Waals surface area contributed by atoms with Crippen LogP contribution >= 0.6 is 28.3 Å². The first-order chi connectivity index (χ1) is 8.90. The Kier molecular flexibility index (Phi) is 6.40. The predicted octanol–water partition coefficient (Wildman–Crippen LogP) is 2.43. The minimum Gasteiger partial charge on any atom is -0.313 e. The van der Waals surface area contributed by atoms with Gasteiger partial charge in [0.15, 0.2) is 0 Å². The molecule has 1 fully saturated rings. The molecule has 0 radical (unpaired) electrons. The quantitative estimate of drug-likeness (QED) is 0.837. The van der Waals surface area contributed by atoms with Gasteiger partial charge in [-0.15, -0.1) is 12.4 Å². The van der Waals surface area contributed by atoms with E-state index in [4.69, 9.17) is 0 Å². The minimum absolute atomic E-state index is 0. The molecule has 0 saturated carbocycles. The molecule has 2 rings (SSSR count). The highest BCUT2D eigenvalue weighted by atomic mass is 79.9. The molecule has 0 aromatic heterocycles. The van der Waals surface area contributed by atoms with Gasteiger partial charge in [-0.05, 0) is 60.4 Å². The number of hydrogen-bond acceptors (Lipinski definition) is 3. The van der Waals surface area contributed by atoms with Crippen molar-refractivity contribution in [2.75, 3.05) is 6.54 Å². The fourth-order valence-electron chi connectivity index (χ4n) is 2.15. The van der Waals surface area contributed by atoms with Crippen molar-refractivity contribution in [3.8, 4) is 0 Å². The third kappa shape index (κ3) is 4.14. The zero-order chi connectivity index (χ0) is 14.0. The molecule has 4 nitrogen and oxygen atoms in total. The van der Waals surface area contributed by atoms with Crippen LogP contribution in [0.4, 0.5) is 4.39 Å². The van der Waals surface area contributed by atoms with Gasteiger partial charge in [-0.3, -0.25) is 0 Å². The molecule has 1 aromatic carbocycles. The number of nitrogens with one attached hydrogen (secondary N) is 2. The summed E-state index contributed by atoms with van der Waals surface area (Å²) in [7, 11) is -3.72. The van der Waals surface area contributed by atoms with Crippen molar-refractivity contribution in [2.45, 2.75) is 36.7 Å². The van der Waals surface area contributed by atoms with E-state index >= 15 is 0 Å². The topological polar surface area (TPSA) is 58.2 Å². The van der Waals surface area contributed by atoms with Crippen molar-refractivity contribution in [1.29, 1.82) is 0 Å². The van der Waals surface area contributed by atoms with Crippen LogP contribution in [-0.2, 0) is 10.0 Å². The summed E-state index contributed by atoms with van der Waals surface area (Å²) in [5.41, 5.74) is 0. The summed E-state index contributed by atoms with van der Waals surface area (Å²) in [4.78, 5) is -0.0646. The molecule has 0 aliphatic carbocycles. The first-order valence-electron chi connectivity index (χ1n) is 6.11. The van der Waals surface area contributed by atoms with Crippen LogP contribution in [0.1, 0.15) is 19.8 Å². The molecule has 2 atom stereocenters. The number of rotatable bonds is 3. The second-order valence-corrected chi connectivity index (χ2v) is 7.22. The molecule has 1 saturated heterocycles. The van der Waals surface area contributed by atoms with Gasteiger partial charge < -0.3 is 5.32 Å². The SMILES string of the molecule is CC1NCCCC1NS(=O)(=O)c1cc(F)ccc1Br.Cl. The Balaban J connectivity index is 0.00000200. The van der Waals surface area contributed by atoms with Crippen LogP contribution in [0, 0.1) is 5.82 Å². The van der Waals surface area contributed by atoms with Gasteiger partial charge in [0.2, 0.25) is 10.0 Å². The van der Waals surface area contributed by atoms with E-state index in [-0.39, 0.29) is 29.4 Å². The lowest BCUT2D eigenvalue weighted by molar-refractivity contribution is 0.348. The molecule has 1 heterocycles. The molecule has 0 bridgehead atoms. The first-order valence-corrected chi connectivity index (χ1v) is 8.38. The van der Waals surface area contributed by atoms with Crippen LogP contribution in [0.15, 0.2) is 27.6 Å². The molecule has 20 heavy (non-hydrogen) atoms. The summed E-state index contributed by atoms with van der Waals surface area (Å²) in [5, 5.41) is 3.22. The maximum absolute atomic E-state index is 13.2. The van der Waals surface area contributed by atoms with Crippen LogP contribution in [0.25, 0.3) is 0 Å². The van der Waals surface area contributed by atoms with Crippen LogP contribution in [-0.4, -0.2) is 27.0 Å². The lowest BCUT2D eigenvalue weighted by Crippen LogP contribution is -2.51. The van der Waals surface area contributed by atoms with Crippen molar-refractivity contribution in [3.05, 3.63) is 28.5 Å². The van der Waals surface area contributed by atoms with E-state index < -0.39 is 15.8 Å². The molecule has 1 aliphatic rings. The van der Waals surface area contributed by atoms with Gasteiger partial charge in [-0.2, -0.15) is 0 Å². The smallest absolute Gasteiger partial charge is 0.242 e. The van der Waals surface area contributed by atoms with Crippen molar-refractivity contribution in [2.24, 2.45) is 0 Å². The molecule has 2 N–H and O–H groups in total. The highest BCUT2D eigenvalue weighted by Crippen LogP contribution is 2.23. The standard InChI is InChI=1S/C12H16BrFN2O2S.ClH/c1-8-11(3-2-6-15-8)16-19(17,18)12-7-9(14)4-5-10(12)13;/h4-5,7-8,11,15-16H,2-3,6H2,1H3;1H. The number of halogens is 3. The fraction of sp³-hybridized carbons (Fsp3) is 0.500. The van der Waals surface area contributed by atoms with E-state index in [1.807, 2.05) is 6.92 Å². The van der Waals surface area contributed by atoms with E-state index in [9.17, 15) is 12.8 Å². The lowest BCUT2D eigenvalue weighted by Gasteiger charge is -2.30. The molecular formula is C12H17BrClFN2O2S. The van der Waals surface area contributed by atoms with Crippen LogP contribution in [0.2, 0.25) is 0 Å². The largest absolute Gasteiger partial charge is 0.313 e. The zero-order valence-electron chi connectivity index (χ0n) is 10.9. The Labute approximate surface area is 133 Å². The summed E-state index contributed by atoms with van der Waals surface area (Å²) < 4.78 is 40.8. The maximum Gasteiger partial charge on any atom is 0.242 e.